The largest absolute Gasteiger partial charge is 0.373 e. The number of nitrogens with zero attached hydrogens (tertiary/aromatic N) is 2. The highest BCUT2D eigenvalue weighted by Crippen LogP contribution is 2.13. The van der Waals surface area contributed by atoms with Gasteiger partial charge in [-0.1, -0.05) is 6.07 Å². The molecule has 5 heteroatoms. The minimum atomic E-state index is -0.0786. The van der Waals surface area contributed by atoms with Crippen LogP contribution in [0.15, 0.2) is 30.6 Å². The molecule has 5 nitrogen and oxygen atoms in total. The number of carbonyl (C=O) groups excluding carboxylic acids is 1. The zero-order chi connectivity index (χ0) is 15.9. The summed E-state index contributed by atoms with van der Waals surface area (Å²) in [5.41, 5.74) is 0.918. The van der Waals surface area contributed by atoms with Gasteiger partial charge in [0.05, 0.1) is 12.2 Å². The standard InChI is InChI=1S/C17H25N3O2/c1-13(20-11-14(2)22-15(3)12-20)9-19-17(21)7-6-16-5-4-8-18-10-16/h4-8,10,13-15H,9,11-12H2,1-3H3,(H,19,21)/b7-6+/t13-,14-,15-/m1/s1. The van der Waals surface area contributed by atoms with Crippen LogP contribution in [0.2, 0.25) is 0 Å². The van der Waals surface area contributed by atoms with Gasteiger partial charge in [-0.3, -0.25) is 14.7 Å². The predicted octanol–water partition coefficient (Wildman–Crippen LogP) is 1.71. The number of ether oxygens (including phenoxy) is 1. The molecule has 1 N–H and O–H groups in total. The van der Waals surface area contributed by atoms with Gasteiger partial charge in [0, 0.05) is 44.1 Å². The Hall–Kier alpha value is -1.72. The molecule has 0 saturated carbocycles. The average Bonchev–Trinajstić information content (AvgIpc) is 2.50. The van der Waals surface area contributed by atoms with Crippen molar-refractivity contribution in [2.45, 2.75) is 39.0 Å². The van der Waals surface area contributed by atoms with Gasteiger partial charge < -0.3 is 10.1 Å². The van der Waals surface area contributed by atoms with E-state index in [9.17, 15) is 4.79 Å². The normalized spacial score (nSPS) is 24.3. The molecule has 2 heterocycles. The fourth-order valence-corrected chi connectivity index (χ4v) is 2.66. The molecule has 1 aliphatic rings. The molecular weight excluding hydrogens is 278 g/mol. The van der Waals surface area contributed by atoms with Crippen LogP contribution in [0.3, 0.4) is 0 Å². The van der Waals surface area contributed by atoms with Crippen LogP contribution in [0.4, 0.5) is 0 Å². The van der Waals surface area contributed by atoms with Gasteiger partial charge in [0.2, 0.25) is 5.91 Å². The van der Waals surface area contributed by atoms with E-state index in [1.165, 1.54) is 0 Å². The monoisotopic (exact) mass is 303 g/mol. The molecule has 0 unspecified atom stereocenters. The molecule has 120 valence electrons. The zero-order valence-electron chi connectivity index (χ0n) is 13.5. The van der Waals surface area contributed by atoms with Gasteiger partial charge >= 0.3 is 0 Å². The maximum atomic E-state index is 11.9. The van der Waals surface area contributed by atoms with E-state index in [1.807, 2.05) is 12.1 Å². The van der Waals surface area contributed by atoms with Crippen LogP contribution in [0.25, 0.3) is 6.08 Å². The second-order valence-corrected chi connectivity index (χ2v) is 5.93. The number of aromatic nitrogens is 1. The summed E-state index contributed by atoms with van der Waals surface area (Å²) in [4.78, 5) is 18.2. The summed E-state index contributed by atoms with van der Waals surface area (Å²) in [6, 6.07) is 4.06. The van der Waals surface area contributed by atoms with Crippen molar-refractivity contribution in [3.05, 3.63) is 36.2 Å². The van der Waals surface area contributed by atoms with Crippen molar-refractivity contribution in [3.63, 3.8) is 0 Å². The smallest absolute Gasteiger partial charge is 0.244 e. The summed E-state index contributed by atoms with van der Waals surface area (Å²) in [5.74, 6) is -0.0786. The lowest BCUT2D eigenvalue weighted by Crippen LogP contribution is -2.52. The van der Waals surface area contributed by atoms with Crippen LogP contribution >= 0.6 is 0 Å². The zero-order valence-corrected chi connectivity index (χ0v) is 13.5. The van der Waals surface area contributed by atoms with Crippen LogP contribution in [0, 0.1) is 0 Å². The Morgan fingerprint density at radius 3 is 2.86 bits per heavy atom. The predicted molar refractivity (Wildman–Crippen MR) is 87.3 cm³/mol. The fraction of sp³-hybridized carbons (Fsp3) is 0.529. The van der Waals surface area contributed by atoms with Crippen molar-refractivity contribution in [3.8, 4) is 0 Å². The van der Waals surface area contributed by atoms with Crippen LogP contribution in [-0.4, -0.2) is 53.7 Å². The van der Waals surface area contributed by atoms with Gasteiger partial charge in [-0.05, 0) is 38.5 Å². The lowest BCUT2D eigenvalue weighted by Gasteiger charge is -2.38. The Labute approximate surface area is 132 Å². The fourth-order valence-electron chi connectivity index (χ4n) is 2.66. The van der Waals surface area contributed by atoms with Crippen molar-refractivity contribution in [1.29, 1.82) is 0 Å². The highest BCUT2D eigenvalue weighted by Gasteiger charge is 2.25. The van der Waals surface area contributed by atoms with Gasteiger partial charge in [0.25, 0.3) is 0 Å². The Bertz CT molecular complexity index is 494. The minimum absolute atomic E-state index is 0.0786. The lowest BCUT2D eigenvalue weighted by molar-refractivity contribution is -0.117. The molecule has 2 rings (SSSR count). The SMILES string of the molecule is C[C@@H]1CN([C@H](C)CNC(=O)/C=C/c2cccnc2)C[C@@H](C)O1. The second-order valence-electron chi connectivity index (χ2n) is 5.93. The Kier molecular flexibility index (Phi) is 6.10. The lowest BCUT2D eigenvalue weighted by atomic mass is 10.1. The summed E-state index contributed by atoms with van der Waals surface area (Å²) in [6.45, 7) is 8.76. The number of morpholine rings is 1. The molecule has 0 radical (unpaired) electrons. The van der Waals surface area contributed by atoms with Gasteiger partial charge in [-0.2, -0.15) is 0 Å². The maximum absolute atomic E-state index is 11.9. The third kappa shape index (κ3) is 5.24. The highest BCUT2D eigenvalue weighted by molar-refractivity contribution is 5.91. The molecule has 0 spiro atoms. The highest BCUT2D eigenvalue weighted by atomic mass is 16.5. The van der Waals surface area contributed by atoms with Crippen molar-refractivity contribution in [1.82, 2.24) is 15.2 Å². The molecular formula is C17H25N3O2. The second kappa shape index (κ2) is 8.06. The number of hydrogen-bond donors (Lipinski definition) is 1. The van der Waals surface area contributed by atoms with Gasteiger partial charge in [0.1, 0.15) is 0 Å². The molecule has 1 saturated heterocycles. The van der Waals surface area contributed by atoms with E-state index >= 15 is 0 Å². The van der Waals surface area contributed by atoms with E-state index in [0.717, 1.165) is 18.7 Å². The number of amides is 1. The number of carbonyl (C=O) groups is 1. The maximum Gasteiger partial charge on any atom is 0.244 e. The summed E-state index contributed by atoms with van der Waals surface area (Å²) >= 11 is 0. The Morgan fingerprint density at radius 1 is 1.50 bits per heavy atom. The molecule has 1 aromatic rings. The molecule has 1 aliphatic heterocycles. The summed E-state index contributed by atoms with van der Waals surface area (Å²) in [6.07, 6.45) is 7.24. The van der Waals surface area contributed by atoms with Crippen molar-refractivity contribution < 1.29 is 9.53 Å². The van der Waals surface area contributed by atoms with Crippen LogP contribution in [0.5, 0.6) is 0 Å². The van der Waals surface area contributed by atoms with Gasteiger partial charge in [0.15, 0.2) is 0 Å². The Morgan fingerprint density at radius 2 is 2.23 bits per heavy atom. The first-order valence-electron chi connectivity index (χ1n) is 7.80. The molecule has 1 fully saturated rings. The van der Waals surface area contributed by atoms with E-state index in [0.29, 0.717) is 12.6 Å². The first kappa shape index (κ1) is 16.6. The molecule has 0 aliphatic carbocycles. The van der Waals surface area contributed by atoms with E-state index in [2.05, 4.69) is 36.0 Å². The molecule has 0 aromatic carbocycles. The molecule has 0 bridgehead atoms. The van der Waals surface area contributed by atoms with E-state index in [4.69, 9.17) is 4.74 Å². The molecule has 1 amide bonds. The van der Waals surface area contributed by atoms with Gasteiger partial charge in [-0.15, -0.1) is 0 Å². The van der Waals surface area contributed by atoms with Crippen molar-refractivity contribution >= 4 is 12.0 Å². The molecule has 22 heavy (non-hydrogen) atoms. The topological polar surface area (TPSA) is 54.5 Å². The summed E-state index contributed by atoms with van der Waals surface area (Å²) < 4.78 is 5.73. The van der Waals surface area contributed by atoms with E-state index < -0.39 is 0 Å². The van der Waals surface area contributed by atoms with Crippen molar-refractivity contribution in [2.75, 3.05) is 19.6 Å². The number of nitrogens with one attached hydrogen (secondary N) is 1. The van der Waals surface area contributed by atoms with Crippen LogP contribution in [0.1, 0.15) is 26.3 Å². The van der Waals surface area contributed by atoms with E-state index in [1.54, 1.807) is 24.5 Å². The van der Waals surface area contributed by atoms with Crippen LogP contribution < -0.4 is 5.32 Å². The van der Waals surface area contributed by atoms with E-state index in [-0.39, 0.29) is 18.1 Å². The van der Waals surface area contributed by atoms with Gasteiger partial charge in [-0.25, -0.2) is 0 Å². The third-order valence-electron chi connectivity index (χ3n) is 3.75. The first-order valence-corrected chi connectivity index (χ1v) is 7.80. The molecule has 3 atom stereocenters. The number of rotatable bonds is 5. The molecule has 1 aromatic heterocycles. The Balaban J connectivity index is 1.77. The average molecular weight is 303 g/mol. The number of pyridine rings is 1. The quantitative estimate of drug-likeness (QED) is 0.841. The minimum Gasteiger partial charge on any atom is -0.373 e. The van der Waals surface area contributed by atoms with Crippen LogP contribution in [-0.2, 0) is 9.53 Å². The number of hydrogen-bond acceptors (Lipinski definition) is 4. The van der Waals surface area contributed by atoms with Crippen molar-refractivity contribution in [2.24, 2.45) is 0 Å². The third-order valence-corrected chi connectivity index (χ3v) is 3.75. The summed E-state index contributed by atoms with van der Waals surface area (Å²) in [5, 5.41) is 2.95. The first-order chi connectivity index (χ1) is 10.5. The summed E-state index contributed by atoms with van der Waals surface area (Å²) in [7, 11) is 0.